The largest absolute Gasteiger partial charge is 0.463 e. The standard InChI is InChI=1S/C12H14N2O3/c1-3-17-12(16)5-4-11(15)14(2)10-6-8-13-9-7-10/h4-9H,3H2,1-2H3/b5-4+. The first kappa shape index (κ1) is 12.9. The fourth-order valence-corrected chi connectivity index (χ4v) is 1.14. The highest BCUT2D eigenvalue weighted by Gasteiger charge is 2.07. The Labute approximate surface area is 99.7 Å². The molecule has 0 fully saturated rings. The Hall–Kier alpha value is -2.17. The molecular weight excluding hydrogens is 220 g/mol. The number of rotatable bonds is 4. The normalized spacial score (nSPS) is 10.2. The minimum atomic E-state index is -0.524. The van der Waals surface area contributed by atoms with Crippen LogP contribution in [0, 0.1) is 0 Å². The Morgan fingerprint density at radius 1 is 1.35 bits per heavy atom. The number of anilines is 1. The smallest absolute Gasteiger partial charge is 0.330 e. The van der Waals surface area contributed by atoms with E-state index in [4.69, 9.17) is 0 Å². The van der Waals surface area contributed by atoms with E-state index < -0.39 is 5.97 Å². The number of nitrogens with zero attached hydrogens (tertiary/aromatic N) is 2. The molecule has 1 aromatic rings. The molecule has 0 radical (unpaired) electrons. The molecule has 1 rings (SSSR count). The second-order valence-electron chi connectivity index (χ2n) is 3.19. The first-order chi connectivity index (χ1) is 8.15. The maximum atomic E-state index is 11.7. The number of pyridine rings is 1. The summed E-state index contributed by atoms with van der Waals surface area (Å²) in [5.41, 5.74) is 0.707. The number of carbonyl (C=O) groups is 2. The number of hydrogen-bond donors (Lipinski definition) is 0. The predicted octanol–water partition coefficient (Wildman–Crippen LogP) is 1.16. The third-order valence-electron chi connectivity index (χ3n) is 2.03. The minimum Gasteiger partial charge on any atom is -0.463 e. The van der Waals surface area contributed by atoms with Crippen molar-refractivity contribution in [1.29, 1.82) is 0 Å². The molecule has 0 atom stereocenters. The van der Waals surface area contributed by atoms with Crippen LogP contribution >= 0.6 is 0 Å². The summed E-state index contributed by atoms with van der Waals surface area (Å²) in [6.45, 7) is 1.99. The van der Waals surface area contributed by atoms with E-state index in [1.54, 1.807) is 38.5 Å². The van der Waals surface area contributed by atoms with E-state index in [-0.39, 0.29) is 12.5 Å². The summed E-state index contributed by atoms with van der Waals surface area (Å²) in [5, 5.41) is 0. The molecule has 0 aliphatic heterocycles. The number of likely N-dealkylation sites (N-methyl/N-ethyl adjacent to an activating group) is 1. The van der Waals surface area contributed by atoms with Crippen LogP contribution in [0.3, 0.4) is 0 Å². The topological polar surface area (TPSA) is 59.5 Å². The van der Waals surface area contributed by atoms with Gasteiger partial charge in [-0.2, -0.15) is 0 Å². The van der Waals surface area contributed by atoms with Gasteiger partial charge in [0.1, 0.15) is 0 Å². The zero-order valence-corrected chi connectivity index (χ0v) is 9.79. The molecule has 0 spiro atoms. The Morgan fingerprint density at radius 3 is 2.59 bits per heavy atom. The van der Waals surface area contributed by atoms with Gasteiger partial charge in [-0.05, 0) is 19.1 Å². The lowest BCUT2D eigenvalue weighted by Crippen LogP contribution is -2.24. The number of aromatic nitrogens is 1. The molecule has 0 aromatic carbocycles. The summed E-state index contributed by atoms with van der Waals surface area (Å²) in [6, 6.07) is 3.41. The second kappa shape index (κ2) is 6.42. The highest BCUT2D eigenvalue weighted by molar-refractivity contribution is 6.03. The minimum absolute atomic E-state index is 0.289. The third kappa shape index (κ3) is 4.06. The first-order valence-corrected chi connectivity index (χ1v) is 5.17. The highest BCUT2D eigenvalue weighted by Crippen LogP contribution is 2.09. The van der Waals surface area contributed by atoms with Crippen molar-refractivity contribution in [2.24, 2.45) is 0 Å². The zero-order chi connectivity index (χ0) is 12.7. The van der Waals surface area contributed by atoms with E-state index in [9.17, 15) is 9.59 Å². The monoisotopic (exact) mass is 234 g/mol. The maximum absolute atomic E-state index is 11.7. The predicted molar refractivity (Wildman–Crippen MR) is 63.4 cm³/mol. The molecular formula is C12H14N2O3. The van der Waals surface area contributed by atoms with Crippen LogP contribution < -0.4 is 4.90 Å². The van der Waals surface area contributed by atoms with Gasteiger partial charge < -0.3 is 9.64 Å². The molecule has 0 N–H and O–H groups in total. The summed E-state index contributed by atoms with van der Waals surface area (Å²) in [7, 11) is 1.62. The molecule has 1 heterocycles. The van der Waals surface area contributed by atoms with E-state index in [2.05, 4.69) is 9.72 Å². The van der Waals surface area contributed by atoms with Crippen LogP contribution in [0.4, 0.5) is 5.69 Å². The van der Waals surface area contributed by atoms with Gasteiger partial charge in [0, 0.05) is 37.3 Å². The van der Waals surface area contributed by atoms with Gasteiger partial charge in [0.05, 0.1) is 6.61 Å². The average molecular weight is 234 g/mol. The number of carbonyl (C=O) groups excluding carboxylic acids is 2. The molecule has 90 valence electrons. The number of amides is 1. The molecule has 0 unspecified atom stereocenters. The van der Waals surface area contributed by atoms with Crippen molar-refractivity contribution in [3.05, 3.63) is 36.7 Å². The summed E-state index contributed by atoms with van der Waals surface area (Å²) in [4.78, 5) is 27.9. The van der Waals surface area contributed by atoms with Gasteiger partial charge in [-0.3, -0.25) is 9.78 Å². The molecule has 17 heavy (non-hydrogen) atoms. The average Bonchev–Trinajstić information content (AvgIpc) is 2.36. The van der Waals surface area contributed by atoms with Gasteiger partial charge in [0.25, 0.3) is 5.91 Å². The number of esters is 1. The maximum Gasteiger partial charge on any atom is 0.330 e. The van der Waals surface area contributed by atoms with Crippen molar-refractivity contribution in [1.82, 2.24) is 4.98 Å². The summed E-state index contributed by atoms with van der Waals surface area (Å²) in [5.74, 6) is -0.826. The molecule has 0 saturated heterocycles. The number of ether oxygens (including phenoxy) is 1. The van der Waals surface area contributed by atoms with Crippen LogP contribution in [0.2, 0.25) is 0 Å². The molecule has 0 saturated carbocycles. The van der Waals surface area contributed by atoms with Gasteiger partial charge in [-0.1, -0.05) is 0 Å². The molecule has 5 nitrogen and oxygen atoms in total. The van der Waals surface area contributed by atoms with Crippen molar-refractivity contribution in [3.8, 4) is 0 Å². The lowest BCUT2D eigenvalue weighted by molar-refractivity contribution is -0.137. The Kier molecular flexibility index (Phi) is 4.87. The van der Waals surface area contributed by atoms with Crippen LogP contribution in [0.15, 0.2) is 36.7 Å². The van der Waals surface area contributed by atoms with Crippen LogP contribution in [-0.2, 0) is 14.3 Å². The van der Waals surface area contributed by atoms with Gasteiger partial charge in [-0.25, -0.2) is 4.79 Å². The molecule has 1 aromatic heterocycles. The fraction of sp³-hybridized carbons (Fsp3) is 0.250. The van der Waals surface area contributed by atoms with Crippen molar-refractivity contribution in [3.63, 3.8) is 0 Å². The third-order valence-corrected chi connectivity index (χ3v) is 2.03. The molecule has 0 aliphatic rings. The highest BCUT2D eigenvalue weighted by atomic mass is 16.5. The second-order valence-corrected chi connectivity index (χ2v) is 3.19. The van der Waals surface area contributed by atoms with Gasteiger partial charge in [-0.15, -0.1) is 0 Å². The van der Waals surface area contributed by atoms with Gasteiger partial charge in [0.15, 0.2) is 0 Å². The molecule has 0 bridgehead atoms. The van der Waals surface area contributed by atoms with Crippen LogP contribution in [0.1, 0.15) is 6.92 Å². The van der Waals surface area contributed by atoms with Crippen LogP contribution in [-0.4, -0.2) is 30.5 Å². The summed E-state index contributed by atoms with van der Waals surface area (Å²) < 4.78 is 4.67. The van der Waals surface area contributed by atoms with Crippen molar-refractivity contribution < 1.29 is 14.3 Å². The van der Waals surface area contributed by atoms with Gasteiger partial charge in [0.2, 0.25) is 0 Å². The lowest BCUT2D eigenvalue weighted by Gasteiger charge is -2.14. The van der Waals surface area contributed by atoms with Crippen molar-refractivity contribution in [2.45, 2.75) is 6.92 Å². The molecule has 1 amide bonds. The SMILES string of the molecule is CCOC(=O)/C=C/C(=O)N(C)c1ccncc1. The summed E-state index contributed by atoms with van der Waals surface area (Å²) in [6.07, 6.45) is 5.48. The van der Waals surface area contributed by atoms with E-state index in [0.29, 0.717) is 5.69 Å². The first-order valence-electron chi connectivity index (χ1n) is 5.17. The van der Waals surface area contributed by atoms with Crippen molar-refractivity contribution in [2.75, 3.05) is 18.6 Å². The summed E-state index contributed by atoms with van der Waals surface area (Å²) >= 11 is 0. The Bertz CT molecular complexity index is 415. The number of hydrogen-bond acceptors (Lipinski definition) is 4. The lowest BCUT2D eigenvalue weighted by atomic mass is 10.3. The fourth-order valence-electron chi connectivity index (χ4n) is 1.14. The van der Waals surface area contributed by atoms with E-state index in [1.807, 2.05) is 0 Å². The molecule has 5 heteroatoms. The Morgan fingerprint density at radius 2 is 2.00 bits per heavy atom. The van der Waals surface area contributed by atoms with E-state index in [1.165, 1.54) is 11.0 Å². The van der Waals surface area contributed by atoms with Crippen LogP contribution in [0.5, 0.6) is 0 Å². The van der Waals surface area contributed by atoms with Gasteiger partial charge >= 0.3 is 5.97 Å². The molecule has 0 aliphatic carbocycles. The van der Waals surface area contributed by atoms with E-state index in [0.717, 1.165) is 6.08 Å². The van der Waals surface area contributed by atoms with Crippen molar-refractivity contribution >= 4 is 17.6 Å². The Balaban J connectivity index is 2.62. The quantitative estimate of drug-likeness (QED) is 0.579. The van der Waals surface area contributed by atoms with E-state index >= 15 is 0 Å². The zero-order valence-electron chi connectivity index (χ0n) is 9.79. The van der Waals surface area contributed by atoms with Crippen LogP contribution in [0.25, 0.3) is 0 Å².